The zero-order valence-corrected chi connectivity index (χ0v) is 6.22. The minimum Gasteiger partial charge on any atom is -0.350 e. The second kappa shape index (κ2) is 6.66. The quantitative estimate of drug-likeness (QED) is 0.405. The first kappa shape index (κ1) is 10.6. The van der Waals surface area contributed by atoms with Gasteiger partial charge >= 0.3 is 6.03 Å². The van der Waals surface area contributed by atoms with Crippen molar-refractivity contribution in [2.75, 3.05) is 6.61 Å². The number of carbonyl (C=O) groups excluding carboxylic acids is 1. The van der Waals surface area contributed by atoms with Gasteiger partial charge in [0.1, 0.15) is 0 Å². The van der Waals surface area contributed by atoms with E-state index in [2.05, 4.69) is 10.6 Å². The molecule has 4 nitrogen and oxygen atoms in total. The predicted octanol–water partition coefficient (Wildman–Crippen LogP) is -0.336. The number of primary amides is 1. The topological polar surface area (TPSA) is 64.3 Å². The maximum absolute atomic E-state index is 9.74. The van der Waals surface area contributed by atoms with Crippen molar-refractivity contribution >= 4 is 15.9 Å². The number of hydrogen-bond donors (Lipinski definition) is 2. The molecular formula is C3H11N2O2P. The molecule has 0 saturated heterocycles. The Morgan fingerprint density at radius 1 is 1.88 bits per heavy atom. The van der Waals surface area contributed by atoms with E-state index in [0.717, 1.165) is 0 Å². The fourth-order valence-electron chi connectivity index (χ4n) is 0.143. The molecule has 8 heavy (non-hydrogen) atoms. The number of nitrogens with two attached hydrogens (primary N) is 1. The van der Waals surface area contributed by atoms with E-state index in [1.165, 1.54) is 0 Å². The van der Waals surface area contributed by atoms with Crippen LogP contribution in [0.3, 0.4) is 0 Å². The Balaban J connectivity index is 0. The highest BCUT2D eigenvalue weighted by atomic mass is 31.0. The van der Waals surface area contributed by atoms with E-state index < -0.39 is 6.03 Å². The highest BCUT2D eigenvalue weighted by molar-refractivity contribution is 6.92. The molecule has 0 rings (SSSR count). The lowest BCUT2D eigenvalue weighted by Gasteiger charge is -1.95. The van der Waals surface area contributed by atoms with Gasteiger partial charge in [0.25, 0.3) is 0 Å². The molecule has 0 bridgehead atoms. The fourth-order valence-corrected chi connectivity index (χ4v) is 0.143. The molecule has 0 aliphatic carbocycles. The van der Waals surface area contributed by atoms with Gasteiger partial charge in [-0.3, -0.25) is 4.84 Å². The van der Waals surface area contributed by atoms with E-state index in [9.17, 15) is 4.79 Å². The van der Waals surface area contributed by atoms with Crippen molar-refractivity contribution in [2.45, 2.75) is 6.92 Å². The average molecular weight is 138 g/mol. The molecule has 0 aliphatic rings. The van der Waals surface area contributed by atoms with Gasteiger partial charge in [-0.1, -0.05) is 0 Å². The van der Waals surface area contributed by atoms with E-state index in [-0.39, 0.29) is 9.90 Å². The number of hydroxylamine groups is 1. The normalized spacial score (nSPS) is 7.12. The summed E-state index contributed by atoms with van der Waals surface area (Å²) in [5.41, 5.74) is 6.54. The lowest BCUT2D eigenvalue weighted by molar-refractivity contribution is 0.0742. The fraction of sp³-hybridized carbons (Fsp3) is 0.667. The third-order valence-electron chi connectivity index (χ3n) is 0.317. The van der Waals surface area contributed by atoms with Crippen LogP contribution in [-0.2, 0) is 4.84 Å². The zero-order valence-electron chi connectivity index (χ0n) is 4.81. The van der Waals surface area contributed by atoms with Crippen LogP contribution >= 0.6 is 9.90 Å². The largest absolute Gasteiger partial charge is 0.350 e. The van der Waals surface area contributed by atoms with Crippen molar-refractivity contribution in [3.05, 3.63) is 0 Å². The number of urea groups is 1. The summed E-state index contributed by atoms with van der Waals surface area (Å²) in [4.78, 5) is 14.1. The Kier molecular flexibility index (Phi) is 8.83. The highest BCUT2D eigenvalue weighted by Crippen LogP contribution is 1.59. The zero-order chi connectivity index (χ0) is 5.70. The second-order valence-corrected chi connectivity index (χ2v) is 0.899. The van der Waals surface area contributed by atoms with E-state index in [0.29, 0.717) is 6.61 Å². The van der Waals surface area contributed by atoms with Crippen molar-refractivity contribution in [1.29, 1.82) is 0 Å². The van der Waals surface area contributed by atoms with Crippen LogP contribution in [0.1, 0.15) is 6.92 Å². The first-order valence-corrected chi connectivity index (χ1v) is 1.94. The molecule has 50 valence electrons. The molecule has 0 saturated carbocycles. The first-order valence-electron chi connectivity index (χ1n) is 1.94. The molecule has 5 heteroatoms. The molecule has 0 fully saturated rings. The van der Waals surface area contributed by atoms with Crippen molar-refractivity contribution < 1.29 is 9.63 Å². The predicted molar refractivity (Wildman–Crippen MR) is 35.5 cm³/mol. The van der Waals surface area contributed by atoms with E-state index in [4.69, 9.17) is 0 Å². The Morgan fingerprint density at radius 3 is 2.50 bits per heavy atom. The molecule has 3 N–H and O–H groups in total. The monoisotopic (exact) mass is 138 g/mol. The van der Waals surface area contributed by atoms with Crippen LogP contribution in [0.4, 0.5) is 4.79 Å². The summed E-state index contributed by atoms with van der Waals surface area (Å²) in [6.45, 7) is 2.18. The minimum absolute atomic E-state index is 0. The van der Waals surface area contributed by atoms with Crippen molar-refractivity contribution in [3.8, 4) is 0 Å². The lowest BCUT2D eigenvalue weighted by atomic mass is 10.9. The highest BCUT2D eigenvalue weighted by Gasteiger charge is 1.83. The summed E-state index contributed by atoms with van der Waals surface area (Å²) in [6.07, 6.45) is 0. The summed E-state index contributed by atoms with van der Waals surface area (Å²) in [5, 5.41) is 0. The molecule has 0 spiro atoms. The Morgan fingerprint density at radius 2 is 2.38 bits per heavy atom. The van der Waals surface area contributed by atoms with Crippen molar-refractivity contribution in [3.63, 3.8) is 0 Å². The molecule has 0 aliphatic heterocycles. The van der Waals surface area contributed by atoms with Gasteiger partial charge in [0, 0.05) is 0 Å². The van der Waals surface area contributed by atoms with Crippen LogP contribution in [0, 0.1) is 0 Å². The summed E-state index contributed by atoms with van der Waals surface area (Å²) in [7, 11) is 0. The van der Waals surface area contributed by atoms with Crippen LogP contribution in [0.15, 0.2) is 0 Å². The van der Waals surface area contributed by atoms with Gasteiger partial charge in [-0.2, -0.15) is 9.90 Å². The maximum atomic E-state index is 9.74. The van der Waals surface area contributed by atoms with Crippen LogP contribution < -0.4 is 11.2 Å². The number of hydrogen-bond acceptors (Lipinski definition) is 2. The molecule has 0 heterocycles. The molecular weight excluding hydrogens is 127 g/mol. The van der Waals surface area contributed by atoms with E-state index in [1.54, 1.807) is 6.92 Å². The van der Waals surface area contributed by atoms with E-state index >= 15 is 0 Å². The standard InChI is InChI=1S/C3H8N2O2.H3P/c1-2-7-5-3(4)6;/h2H2,1H3,(H3,4,5,6);1H3. The molecule has 0 aromatic carbocycles. The number of carbonyl (C=O) groups is 1. The third-order valence-corrected chi connectivity index (χ3v) is 0.317. The molecule has 1 atom stereocenters. The SMILES string of the molecule is CCONC(N)=O.P. The van der Waals surface area contributed by atoms with Gasteiger partial charge in [-0.15, -0.1) is 0 Å². The number of rotatable bonds is 2. The first-order chi connectivity index (χ1) is 3.27. The van der Waals surface area contributed by atoms with E-state index in [1.807, 2.05) is 5.48 Å². The van der Waals surface area contributed by atoms with Crippen LogP contribution in [0.2, 0.25) is 0 Å². The van der Waals surface area contributed by atoms with Gasteiger partial charge < -0.3 is 5.73 Å². The maximum Gasteiger partial charge on any atom is 0.336 e. The van der Waals surface area contributed by atoms with Crippen molar-refractivity contribution in [2.24, 2.45) is 5.73 Å². The van der Waals surface area contributed by atoms with Gasteiger partial charge in [0.05, 0.1) is 6.61 Å². The molecule has 0 radical (unpaired) electrons. The van der Waals surface area contributed by atoms with Crippen LogP contribution in [0.25, 0.3) is 0 Å². The molecule has 0 aromatic heterocycles. The lowest BCUT2D eigenvalue weighted by Crippen LogP contribution is -2.29. The Bertz CT molecular complexity index is 68.3. The number of nitrogens with one attached hydrogen (secondary N) is 1. The molecule has 2 amide bonds. The van der Waals surface area contributed by atoms with Crippen LogP contribution in [-0.4, -0.2) is 12.6 Å². The average Bonchev–Trinajstić information content (AvgIpc) is 1.61. The van der Waals surface area contributed by atoms with Crippen LogP contribution in [0.5, 0.6) is 0 Å². The smallest absolute Gasteiger partial charge is 0.336 e. The van der Waals surface area contributed by atoms with Gasteiger partial charge in [-0.05, 0) is 6.92 Å². The van der Waals surface area contributed by atoms with Gasteiger partial charge in [0.2, 0.25) is 0 Å². The minimum atomic E-state index is -0.665. The third kappa shape index (κ3) is 9.18. The van der Waals surface area contributed by atoms with Crippen molar-refractivity contribution in [1.82, 2.24) is 5.48 Å². The number of amides is 2. The Labute approximate surface area is 51.3 Å². The Hall–Kier alpha value is -0.340. The molecule has 1 unspecified atom stereocenters. The van der Waals surface area contributed by atoms with Gasteiger partial charge in [-0.25, -0.2) is 10.3 Å². The second-order valence-electron chi connectivity index (χ2n) is 0.899. The van der Waals surface area contributed by atoms with Gasteiger partial charge in [0.15, 0.2) is 0 Å². The molecule has 0 aromatic rings. The summed E-state index contributed by atoms with van der Waals surface area (Å²) in [5.74, 6) is 0. The summed E-state index contributed by atoms with van der Waals surface area (Å²) >= 11 is 0. The summed E-state index contributed by atoms with van der Waals surface area (Å²) in [6, 6.07) is -0.665. The summed E-state index contributed by atoms with van der Waals surface area (Å²) < 4.78 is 0.